The quantitative estimate of drug-likeness (QED) is 0.345. The van der Waals surface area contributed by atoms with E-state index >= 15 is 0 Å². The molecule has 0 spiro atoms. The Labute approximate surface area is 96.6 Å². The summed E-state index contributed by atoms with van der Waals surface area (Å²) in [6, 6.07) is 0. The van der Waals surface area contributed by atoms with Crippen LogP contribution in [0.25, 0.3) is 0 Å². The molecule has 0 aliphatic rings. The van der Waals surface area contributed by atoms with Crippen LogP contribution in [0.2, 0.25) is 0 Å². The van der Waals surface area contributed by atoms with Gasteiger partial charge in [-0.2, -0.15) is 0 Å². The molecule has 0 aromatic carbocycles. The van der Waals surface area contributed by atoms with E-state index in [1.165, 1.54) is 0 Å². The first-order chi connectivity index (χ1) is 7.70. The van der Waals surface area contributed by atoms with E-state index in [0.717, 1.165) is 19.3 Å². The largest absolute Gasteiger partial charge is 0.466 e. The average molecular weight is 228 g/mol. The van der Waals surface area contributed by atoms with Gasteiger partial charge in [0.2, 0.25) is 0 Å². The van der Waals surface area contributed by atoms with Gasteiger partial charge in [0.25, 0.3) is 0 Å². The van der Waals surface area contributed by atoms with Gasteiger partial charge >= 0.3 is 11.9 Å². The Morgan fingerprint density at radius 3 is 2.19 bits per heavy atom. The number of hydrogen-bond acceptors (Lipinski definition) is 4. The number of carbonyl (C=O) groups is 2. The molecule has 0 rings (SSSR count). The van der Waals surface area contributed by atoms with Crippen molar-refractivity contribution in [3.63, 3.8) is 0 Å². The second-order valence-corrected chi connectivity index (χ2v) is 3.37. The molecule has 0 radical (unpaired) electrons. The highest BCUT2D eigenvalue weighted by Gasteiger charge is 2.08. The molecule has 0 N–H and O–H groups in total. The van der Waals surface area contributed by atoms with Crippen molar-refractivity contribution >= 4 is 11.9 Å². The van der Waals surface area contributed by atoms with Crippen LogP contribution in [-0.4, -0.2) is 25.2 Å². The van der Waals surface area contributed by atoms with Crippen LogP contribution in [0.5, 0.6) is 0 Å². The first kappa shape index (κ1) is 14.7. The highest BCUT2D eigenvalue weighted by atomic mass is 16.5. The van der Waals surface area contributed by atoms with Gasteiger partial charge in [-0.25, -0.2) is 0 Å². The predicted octanol–water partition coefficient (Wildman–Crippen LogP) is 2.23. The van der Waals surface area contributed by atoms with E-state index in [2.05, 4.69) is 6.58 Å². The molecule has 0 saturated heterocycles. The molecule has 0 bridgehead atoms. The number of esters is 2. The normalized spacial score (nSPS) is 9.56. The Kier molecular flexibility index (Phi) is 9.36. The molecule has 0 aliphatic heterocycles. The van der Waals surface area contributed by atoms with Gasteiger partial charge in [0.1, 0.15) is 0 Å². The lowest BCUT2D eigenvalue weighted by atomic mass is 10.3. The zero-order valence-electron chi connectivity index (χ0n) is 9.87. The van der Waals surface area contributed by atoms with E-state index in [4.69, 9.17) is 9.47 Å². The lowest BCUT2D eigenvalue weighted by Gasteiger charge is -2.04. The molecule has 0 fully saturated rings. The number of unbranched alkanes of at least 4 members (excludes halogenated alkanes) is 1. The summed E-state index contributed by atoms with van der Waals surface area (Å²) < 4.78 is 9.73. The van der Waals surface area contributed by atoms with Gasteiger partial charge in [-0.3, -0.25) is 9.59 Å². The fourth-order valence-corrected chi connectivity index (χ4v) is 0.978. The molecular formula is C12H20O4. The summed E-state index contributed by atoms with van der Waals surface area (Å²) in [6.07, 6.45) is 4.35. The second kappa shape index (κ2) is 10.2. The Balaban J connectivity index is 3.42. The fourth-order valence-electron chi connectivity index (χ4n) is 0.978. The molecule has 0 aromatic heterocycles. The maximum atomic E-state index is 11.1. The van der Waals surface area contributed by atoms with E-state index < -0.39 is 0 Å². The van der Waals surface area contributed by atoms with Crippen LogP contribution >= 0.6 is 0 Å². The first-order valence-corrected chi connectivity index (χ1v) is 5.62. The molecular weight excluding hydrogens is 208 g/mol. The van der Waals surface area contributed by atoms with Crippen molar-refractivity contribution in [3.05, 3.63) is 12.7 Å². The summed E-state index contributed by atoms with van der Waals surface area (Å²) in [5, 5.41) is 0. The summed E-state index contributed by atoms with van der Waals surface area (Å²) in [5.41, 5.74) is 0. The SMILES string of the molecule is C=CCCCOC(=O)CCC(=O)OCCC. The summed E-state index contributed by atoms with van der Waals surface area (Å²) in [6.45, 7) is 6.28. The van der Waals surface area contributed by atoms with Crippen LogP contribution in [0, 0.1) is 0 Å². The molecule has 4 heteroatoms. The molecule has 92 valence electrons. The van der Waals surface area contributed by atoms with Gasteiger partial charge in [-0.1, -0.05) is 13.0 Å². The maximum Gasteiger partial charge on any atom is 0.306 e. The van der Waals surface area contributed by atoms with Crippen LogP contribution in [-0.2, 0) is 19.1 Å². The Bertz CT molecular complexity index is 223. The zero-order chi connectivity index (χ0) is 12.2. The third-order valence-corrected chi connectivity index (χ3v) is 1.82. The standard InChI is InChI=1S/C12H20O4/c1-3-5-6-10-16-12(14)8-7-11(13)15-9-4-2/h3H,1,4-10H2,2H3. The minimum absolute atomic E-state index is 0.0939. The lowest BCUT2D eigenvalue weighted by Crippen LogP contribution is -2.11. The van der Waals surface area contributed by atoms with Gasteiger partial charge in [-0.05, 0) is 19.3 Å². The molecule has 0 amide bonds. The van der Waals surface area contributed by atoms with Gasteiger partial charge < -0.3 is 9.47 Å². The lowest BCUT2D eigenvalue weighted by molar-refractivity contribution is -0.150. The number of ether oxygens (including phenoxy) is 2. The monoisotopic (exact) mass is 228 g/mol. The first-order valence-electron chi connectivity index (χ1n) is 5.62. The summed E-state index contributed by atoms with van der Waals surface area (Å²) in [4.78, 5) is 22.2. The number of allylic oxidation sites excluding steroid dienone is 1. The van der Waals surface area contributed by atoms with Gasteiger partial charge in [0.15, 0.2) is 0 Å². The number of rotatable bonds is 9. The van der Waals surface area contributed by atoms with Crippen molar-refractivity contribution < 1.29 is 19.1 Å². The fraction of sp³-hybridized carbons (Fsp3) is 0.667. The smallest absolute Gasteiger partial charge is 0.306 e. The van der Waals surface area contributed by atoms with Crippen molar-refractivity contribution in [2.75, 3.05) is 13.2 Å². The van der Waals surface area contributed by atoms with E-state index in [-0.39, 0.29) is 24.8 Å². The van der Waals surface area contributed by atoms with Gasteiger partial charge in [0, 0.05) is 0 Å². The van der Waals surface area contributed by atoms with Crippen molar-refractivity contribution in [2.24, 2.45) is 0 Å². The van der Waals surface area contributed by atoms with Crippen molar-refractivity contribution in [3.8, 4) is 0 Å². The third-order valence-electron chi connectivity index (χ3n) is 1.82. The highest BCUT2D eigenvalue weighted by molar-refractivity contribution is 5.77. The number of carbonyl (C=O) groups excluding carboxylic acids is 2. The van der Waals surface area contributed by atoms with Crippen LogP contribution in [0.15, 0.2) is 12.7 Å². The van der Waals surface area contributed by atoms with Crippen molar-refractivity contribution in [2.45, 2.75) is 39.0 Å². The molecule has 0 atom stereocenters. The van der Waals surface area contributed by atoms with Crippen molar-refractivity contribution in [1.82, 2.24) is 0 Å². The van der Waals surface area contributed by atoms with Crippen molar-refractivity contribution in [1.29, 1.82) is 0 Å². The average Bonchev–Trinajstić information content (AvgIpc) is 2.29. The zero-order valence-corrected chi connectivity index (χ0v) is 9.87. The Morgan fingerprint density at radius 1 is 1.12 bits per heavy atom. The highest BCUT2D eigenvalue weighted by Crippen LogP contribution is 1.98. The van der Waals surface area contributed by atoms with Crippen LogP contribution in [0.1, 0.15) is 39.0 Å². The number of hydrogen-bond donors (Lipinski definition) is 0. The summed E-state index contributed by atoms with van der Waals surface area (Å²) in [7, 11) is 0. The molecule has 4 nitrogen and oxygen atoms in total. The topological polar surface area (TPSA) is 52.6 Å². The van der Waals surface area contributed by atoms with Gasteiger partial charge in [-0.15, -0.1) is 6.58 Å². The maximum absolute atomic E-state index is 11.1. The van der Waals surface area contributed by atoms with Crippen LogP contribution in [0.4, 0.5) is 0 Å². The predicted molar refractivity (Wildman–Crippen MR) is 60.9 cm³/mol. The summed E-state index contributed by atoms with van der Waals surface area (Å²) >= 11 is 0. The minimum atomic E-state index is -0.350. The minimum Gasteiger partial charge on any atom is -0.466 e. The molecule has 0 aromatic rings. The van der Waals surface area contributed by atoms with E-state index in [1.807, 2.05) is 6.92 Å². The summed E-state index contributed by atoms with van der Waals surface area (Å²) in [5.74, 6) is -0.692. The molecule has 16 heavy (non-hydrogen) atoms. The third kappa shape index (κ3) is 9.24. The molecule has 0 aliphatic carbocycles. The molecule has 0 saturated carbocycles. The van der Waals surface area contributed by atoms with Crippen LogP contribution < -0.4 is 0 Å². The second-order valence-electron chi connectivity index (χ2n) is 3.37. The molecule has 0 unspecified atom stereocenters. The van der Waals surface area contributed by atoms with Crippen LogP contribution in [0.3, 0.4) is 0 Å². The van der Waals surface area contributed by atoms with E-state index in [0.29, 0.717) is 13.2 Å². The van der Waals surface area contributed by atoms with E-state index in [9.17, 15) is 9.59 Å². The Morgan fingerprint density at radius 2 is 1.69 bits per heavy atom. The molecule has 0 heterocycles. The van der Waals surface area contributed by atoms with Gasteiger partial charge in [0.05, 0.1) is 26.1 Å². The Hall–Kier alpha value is -1.32. The van der Waals surface area contributed by atoms with E-state index in [1.54, 1.807) is 6.08 Å².